The molecule has 0 aromatic heterocycles. The highest BCUT2D eigenvalue weighted by Gasteiger charge is 2.22. The van der Waals surface area contributed by atoms with Crippen molar-refractivity contribution in [1.82, 2.24) is 15.4 Å². The molecule has 142 valence electrons. The van der Waals surface area contributed by atoms with Crippen LogP contribution in [0.1, 0.15) is 19.4 Å². The highest BCUT2D eigenvalue weighted by atomic mass is 32.2. The fourth-order valence-electron chi connectivity index (χ4n) is 2.24. The molecule has 0 atom stereocenters. The van der Waals surface area contributed by atoms with Crippen molar-refractivity contribution >= 4 is 16.0 Å². The van der Waals surface area contributed by atoms with Gasteiger partial charge < -0.3 is 20.1 Å². The second-order valence-electron chi connectivity index (χ2n) is 6.23. The molecule has 0 aliphatic rings. The number of sulfonamides is 1. The Morgan fingerprint density at radius 3 is 2.32 bits per heavy atom. The number of benzene rings is 1. The number of ether oxygens (including phenoxy) is 2. The lowest BCUT2D eigenvalue weighted by atomic mass is 10.1. The van der Waals surface area contributed by atoms with Crippen molar-refractivity contribution in [3.63, 3.8) is 0 Å². The summed E-state index contributed by atoms with van der Waals surface area (Å²) in [6.45, 7) is 4.50. The summed E-state index contributed by atoms with van der Waals surface area (Å²) < 4.78 is 35.8. The minimum atomic E-state index is -3.28. The number of guanidine groups is 1. The third-order valence-corrected chi connectivity index (χ3v) is 4.21. The second kappa shape index (κ2) is 8.91. The monoisotopic (exact) mass is 372 g/mol. The molecular formula is C16H28N4O4S. The molecular weight excluding hydrogens is 344 g/mol. The van der Waals surface area contributed by atoms with Gasteiger partial charge >= 0.3 is 0 Å². The minimum absolute atomic E-state index is 0.381. The average Bonchev–Trinajstić information content (AvgIpc) is 2.52. The van der Waals surface area contributed by atoms with Crippen molar-refractivity contribution in [2.75, 3.05) is 34.1 Å². The van der Waals surface area contributed by atoms with Gasteiger partial charge in [0.2, 0.25) is 10.0 Å². The molecule has 0 radical (unpaired) electrons. The van der Waals surface area contributed by atoms with E-state index in [1.54, 1.807) is 35.1 Å². The van der Waals surface area contributed by atoms with Crippen LogP contribution in [-0.4, -0.2) is 54.0 Å². The summed E-state index contributed by atoms with van der Waals surface area (Å²) in [6.07, 6.45) is 1.14. The first-order valence-electron chi connectivity index (χ1n) is 7.74. The van der Waals surface area contributed by atoms with Crippen molar-refractivity contribution < 1.29 is 17.9 Å². The Morgan fingerprint density at radius 1 is 1.16 bits per heavy atom. The largest absolute Gasteiger partial charge is 0.493 e. The third-order valence-electron chi connectivity index (χ3n) is 3.29. The summed E-state index contributed by atoms with van der Waals surface area (Å²) in [4.78, 5) is 4.14. The summed E-state index contributed by atoms with van der Waals surface area (Å²) in [5.74, 6) is 1.89. The van der Waals surface area contributed by atoms with E-state index in [0.29, 0.717) is 30.5 Å². The van der Waals surface area contributed by atoms with Crippen LogP contribution in [0.5, 0.6) is 11.5 Å². The molecule has 9 heteroatoms. The molecule has 1 aromatic carbocycles. The van der Waals surface area contributed by atoms with Crippen LogP contribution in [0.25, 0.3) is 0 Å². The maximum Gasteiger partial charge on any atom is 0.209 e. The Bertz CT molecular complexity index is 702. The molecule has 0 amide bonds. The fraction of sp³-hybridized carbons (Fsp3) is 0.562. The number of hydrogen-bond donors (Lipinski definition) is 3. The number of methoxy groups -OCH3 is 2. The Kier molecular flexibility index (Phi) is 7.50. The molecule has 0 spiro atoms. The lowest BCUT2D eigenvalue weighted by molar-refractivity contribution is 0.354. The van der Waals surface area contributed by atoms with Crippen LogP contribution in [-0.2, 0) is 16.6 Å². The van der Waals surface area contributed by atoms with E-state index in [1.165, 1.54) is 0 Å². The number of aliphatic imine (C=N–C) groups is 1. The molecule has 0 bridgehead atoms. The molecule has 1 aromatic rings. The van der Waals surface area contributed by atoms with Crippen LogP contribution in [0.15, 0.2) is 23.2 Å². The molecule has 0 saturated carbocycles. The first-order valence-corrected chi connectivity index (χ1v) is 9.63. The highest BCUT2D eigenvalue weighted by Crippen LogP contribution is 2.27. The van der Waals surface area contributed by atoms with E-state index in [4.69, 9.17) is 9.47 Å². The predicted octanol–water partition coefficient (Wildman–Crippen LogP) is 0.697. The maximum absolute atomic E-state index is 11.4. The Balaban J connectivity index is 2.63. The van der Waals surface area contributed by atoms with E-state index in [2.05, 4.69) is 20.3 Å². The van der Waals surface area contributed by atoms with Gasteiger partial charge in [-0.1, -0.05) is 6.07 Å². The quantitative estimate of drug-likeness (QED) is 0.459. The van der Waals surface area contributed by atoms with Gasteiger partial charge in [0.25, 0.3) is 0 Å². The van der Waals surface area contributed by atoms with Crippen molar-refractivity contribution in [2.45, 2.75) is 25.9 Å². The van der Waals surface area contributed by atoms with Crippen molar-refractivity contribution in [2.24, 2.45) is 4.99 Å². The minimum Gasteiger partial charge on any atom is -0.493 e. The molecule has 25 heavy (non-hydrogen) atoms. The molecule has 3 N–H and O–H groups in total. The number of rotatable bonds is 8. The summed E-state index contributed by atoms with van der Waals surface area (Å²) in [5, 5.41) is 6.28. The van der Waals surface area contributed by atoms with E-state index < -0.39 is 15.6 Å². The smallest absolute Gasteiger partial charge is 0.209 e. The number of nitrogens with one attached hydrogen (secondary N) is 3. The summed E-state index contributed by atoms with van der Waals surface area (Å²) in [7, 11) is 1.55. The molecule has 0 heterocycles. The van der Waals surface area contributed by atoms with Crippen LogP contribution in [0.4, 0.5) is 0 Å². The van der Waals surface area contributed by atoms with Crippen molar-refractivity contribution in [1.29, 1.82) is 0 Å². The topological polar surface area (TPSA) is 101 Å². The standard InChI is InChI=1S/C16H28N4O4S/c1-16(2,20-25(6,21)22)11-19-15(17-3)18-10-12-7-8-13(23-4)14(9-12)24-5/h7-9,20H,10-11H2,1-6H3,(H2,17,18,19). The van der Waals surface area contributed by atoms with Crippen LogP contribution < -0.4 is 24.8 Å². The van der Waals surface area contributed by atoms with Gasteiger partial charge in [-0.05, 0) is 31.5 Å². The first-order chi connectivity index (χ1) is 11.6. The van der Waals surface area contributed by atoms with E-state index in [-0.39, 0.29) is 0 Å². The predicted molar refractivity (Wildman–Crippen MR) is 99.8 cm³/mol. The zero-order valence-corrected chi connectivity index (χ0v) is 16.5. The molecule has 0 unspecified atom stereocenters. The van der Waals surface area contributed by atoms with Gasteiger partial charge in [0.15, 0.2) is 17.5 Å². The summed E-state index contributed by atoms with van der Waals surface area (Å²) in [6, 6.07) is 5.65. The zero-order valence-electron chi connectivity index (χ0n) is 15.6. The van der Waals surface area contributed by atoms with E-state index in [9.17, 15) is 8.42 Å². The SMILES string of the molecule is CN=C(NCc1ccc(OC)c(OC)c1)NCC(C)(C)NS(C)(=O)=O. The van der Waals surface area contributed by atoms with E-state index in [0.717, 1.165) is 11.8 Å². The van der Waals surface area contributed by atoms with E-state index in [1.807, 2.05) is 18.2 Å². The Morgan fingerprint density at radius 2 is 1.80 bits per heavy atom. The van der Waals surface area contributed by atoms with Crippen molar-refractivity contribution in [3.8, 4) is 11.5 Å². The summed E-state index contributed by atoms with van der Waals surface area (Å²) >= 11 is 0. The maximum atomic E-state index is 11.4. The molecule has 0 aliphatic carbocycles. The highest BCUT2D eigenvalue weighted by molar-refractivity contribution is 7.88. The van der Waals surface area contributed by atoms with Crippen LogP contribution in [0, 0.1) is 0 Å². The normalized spacial score (nSPS) is 12.6. The van der Waals surface area contributed by atoms with Crippen molar-refractivity contribution in [3.05, 3.63) is 23.8 Å². The lowest BCUT2D eigenvalue weighted by Crippen LogP contribution is -2.52. The van der Waals surface area contributed by atoms with Gasteiger partial charge in [-0.2, -0.15) is 0 Å². The Labute approximate surface area is 150 Å². The lowest BCUT2D eigenvalue weighted by Gasteiger charge is -2.26. The first kappa shape index (κ1) is 21.0. The molecule has 8 nitrogen and oxygen atoms in total. The van der Waals surface area contributed by atoms with Gasteiger partial charge in [-0.3, -0.25) is 4.99 Å². The molecule has 0 fully saturated rings. The molecule has 0 aliphatic heterocycles. The van der Waals surface area contributed by atoms with Crippen LogP contribution in [0.3, 0.4) is 0 Å². The van der Waals surface area contributed by atoms with Gasteiger partial charge in [0.1, 0.15) is 0 Å². The average molecular weight is 372 g/mol. The van der Waals surface area contributed by atoms with Gasteiger partial charge in [-0.25, -0.2) is 13.1 Å². The second-order valence-corrected chi connectivity index (χ2v) is 7.98. The van der Waals surface area contributed by atoms with Crippen LogP contribution in [0.2, 0.25) is 0 Å². The van der Waals surface area contributed by atoms with Gasteiger partial charge in [-0.15, -0.1) is 0 Å². The van der Waals surface area contributed by atoms with E-state index >= 15 is 0 Å². The zero-order chi connectivity index (χ0) is 19.1. The number of nitrogens with zero attached hydrogens (tertiary/aromatic N) is 1. The third kappa shape index (κ3) is 7.61. The van der Waals surface area contributed by atoms with Gasteiger partial charge in [0.05, 0.1) is 20.5 Å². The molecule has 0 saturated heterocycles. The van der Waals surface area contributed by atoms with Gasteiger partial charge in [0, 0.05) is 25.7 Å². The molecule has 1 rings (SSSR count). The van der Waals surface area contributed by atoms with Crippen LogP contribution >= 0.6 is 0 Å². The number of hydrogen-bond acceptors (Lipinski definition) is 5. The Hall–Kier alpha value is -2.00. The fourth-order valence-corrected chi connectivity index (χ4v) is 3.32. The summed E-state index contributed by atoms with van der Waals surface area (Å²) in [5.41, 5.74) is 0.350.